The van der Waals surface area contributed by atoms with Crippen LogP contribution in [0.4, 0.5) is 0 Å². The zero-order valence-corrected chi connectivity index (χ0v) is 7.61. The maximum Gasteiger partial charge on any atom is 0.111 e. The summed E-state index contributed by atoms with van der Waals surface area (Å²) in [4.78, 5) is 0. The van der Waals surface area contributed by atoms with Gasteiger partial charge in [0.25, 0.3) is 0 Å². The smallest absolute Gasteiger partial charge is 0.111 e. The first-order chi connectivity index (χ1) is 3.70. The Labute approximate surface area is 65.8 Å². The van der Waals surface area contributed by atoms with Crippen molar-refractivity contribution in [3.05, 3.63) is 11.9 Å². The van der Waals surface area contributed by atoms with Crippen LogP contribution in [0.1, 0.15) is 6.92 Å². The van der Waals surface area contributed by atoms with Crippen molar-refractivity contribution in [1.29, 1.82) is 0 Å². The minimum Gasteiger partial charge on any atom is -0.294 e. The normalized spacial score (nSPS) is 19.6. The molecule has 8 heavy (non-hydrogen) atoms. The van der Waals surface area contributed by atoms with Gasteiger partial charge in [0.1, 0.15) is 6.67 Å². The number of rotatable bonds is 0. The van der Waals surface area contributed by atoms with Gasteiger partial charge in [0, 0.05) is 11.9 Å². The van der Waals surface area contributed by atoms with Crippen molar-refractivity contribution in [2.24, 2.45) is 0 Å². The molecule has 0 bridgehead atoms. The molecule has 1 rings (SSSR count). The maximum atomic E-state index is 3.34. The van der Waals surface area contributed by atoms with Crippen molar-refractivity contribution >= 4 is 32.3 Å². The maximum absolute atomic E-state index is 3.34. The molecule has 0 fully saturated rings. The van der Waals surface area contributed by atoms with Crippen molar-refractivity contribution in [2.75, 3.05) is 6.67 Å². The van der Waals surface area contributed by atoms with E-state index >= 15 is 0 Å². The van der Waals surface area contributed by atoms with E-state index in [4.69, 9.17) is 0 Å². The molecule has 0 amide bonds. The van der Waals surface area contributed by atoms with E-state index in [2.05, 4.69) is 32.3 Å². The molecule has 0 aromatic rings. The molecule has 0 aromatic carbocycles. The van der Waals surface area contributed by atoms with Gasteiger partial charge in [-0.2, -0.15) is 0 Å². The van der Waals surface area contributed by atoms with Gasteiger partial charge < -0.3 is 0 Å². The van der Waals surface area contributed by atoms with Crippen LogP contribution >= 0.6 is 32.3 Å². The highest BCUT2D eigenvalue weighted by atomic mass is 79.9. The summed E-state index contributed by atoms with van der Waals surface area (Å²) < 4.78 is 3.90. The van der Waals surface area contributed by atoms with Gasteiger partial charge in [-0.15, -0.1) is 0 Å². The molecule has 0 aliphatic carbocycles. The third-order valence-electron chi connectivity index (χ3n) is 0.969. The fraction of sp³-hybridized carbons (Fsp3) is 0.500. The molecule has 0 aromatic heterocycles. The molecule has 1 aliphatic rings. The molecule has 0 N–H and O–H groups in total. The number of hydrogen-bond acceptors (Lipinski definition) is 2. The Morgan fingerprint density at radius 3 is 2.38 bits per heavy atom. The topological polar surface area (TPSA) is 6.48 Å². The average Bonchev–Trinajstić information content (AvgIpc) is 1.85. The Balaban J connectivity index is 2.59. The highest BCUT2D eigenvalue weighted by molar-refractivity contribution is 9.08. The molecule has 0 saturated carbocycles. The molecule has 0 atom stereocenters. The quantitative estimate of drug-likeness (QED) is 0.599. The molecular formula is C4H6Br2N2. The van der Waals surface area contributed by atoms with E-state index in [9.17, 15) is 0 Å². The lowest BCUT2D eigenvalue weighted by atomic mass is 10.6. The van der Waals surface area contributed by atoms with Crippen LogP contribution in [0.2, 0.25) is 0 Å². The van der Waals surface area contributed by atoms with E-state index in [0.29, 0.717) is 0 Å². The zero-order chi connectivity index (χ0) is 6.15. The zero-order valence-electron chi connectivity index (χ0n) is 4.43. The minimum atomic E-state index is 0.867. The van der Waals surface area contributed by atoms with Gasteiger partial charge in [-0.05, 0) is 6.92 Å². The van der Waals surface area contributed by atoms with Crippen molar-refractivity contribution < 1.29 is 0 Å². The largest absolute Gasteiger partial charge is 0.294 e. The van der Waals surface area contributed by atoms with Crippen LogP contribution in [0.3, 0.4) is 0 Å². The third-order valence-corrected chi connectivity index (χ3v) is 2.18. The van der Waals surface area contributed by atoms with Gasteiger partial charge in [0.2, 0.25) is 0 Å². The lowest BCUT2D eigenvalue weighted by Crippen LogP contribution is -2.09. The lowest BCUT2D eigenvalue weighted by molar-refractivity contribution is 0.527. The molecular weight excluding hydrogens is 236 g/mol. The second kappa shape index (κ2) is 2.27. The van der Waals surface area contributed by atoms with Crippen molar-refractivity contribution in [3.8, 4) is 0 Å². The van der Waals surface area contributed by atoms with Gasteiger partial charge in [0.05, 0.1) is 32.3 Å². The average molecular weight is 242 g/mol. The van der Waals surface area contributed by atoms with Crippen molar-refractivity contribution in [2.45, 2.75) is 6.92 Å². The second-order valence-electron chi connectivity index (χ2n) is 1.67. The number of allylic oxidation sites excluding steroid dienone is 1. The molecule has 0 radical (unpaired) electrons. The monoisotopic (exact) mass is 240 g/mol. The summed E-state index contributed by atoms with van der Waals surface area (Å²) in [6.45, 7) is 2.90. The SMILES string of the molecule is CC1=CN(Br)CN1Br. The Kier molecular flexibility index (Phi) is 1.82. The summed E-state index contributed by atoms with van der Waals surface area (Å²) in [5, 5.41) is 0. The molecule has 1 heterocycles. The molecule has 1 aliphatic heterocycles. The van der Waals surface area contributed by atoms with Crippen LogP contribution in [0.25, 0.3) is 0 Å². The van der Waals surface area contributed by atoms with Crippen molar-refractivity contribution in [3.63, 3.8) is 0 Å². The van der Waals surface area contributed by atoms with Crippen LogP contribution in [0, 0.1) is 0 Å². The van der Waals surface area contributed by atoms with Crippen LogP contribution in [0.5, 0.6) is 0 Å². The van der Waals surface area contributed by atoms with Gasteiger partial charge in [-0.3, -0.25) is 7.85 Å². The summed E-state index contributed by atoms with van der Waals surface area (Å²) in [6.07, 6.45) is 2.01. The fourth-order valence-corrected chi connectivity index (χ4v) is 1.69. The van der Waals surface area contributed by atoms with Gasteiger partial charge in [-0.25, -0.2) is 0 Å². The van der Waals surface area contributed by atoms with E-state index in [1.807, 2.05) is 21.0 Å². The predicted octanol–water partition coefficient (Wildman–Crippen LogP) is 2.04. The molecule has 0 saturated heterocycles. The van der Waals surface area contributed by atoms with Crippen LogP contribution < -0.4 is 0 Å². The number of nitrogens with zero attached hydrogens (tertiary/aromatic N) is 2. The highest BCUT2D eigenvalue weighted by Crippen LogP contribution is 2.20. The Morgan fingerprint density at radius 1 is 1.62 bits per heavy atom. The van der Waals surface area contributed by atoms with Gasteiger partial charge in [-0.1, -0.05) is 0 Å². The number of halogens is 2. The molecule has 2 nitrogen and oxygen atoms in total. The minimum absolute atomic E-state index is 0.867. The summed E-state index contributed by atoms with van der Waals surface area (Å²) in [6, 6.07) is 0. The van der Waals surface area contributed by atoms with E-state index in [-0.39, 0.29) is 0 Å². The second-order valence-corrected chi connectivity index (χ2v) is 3.44. The van der Waals surface area contributed by atoms with E-state index in [1.54, 1.807) is 0 Å². The predicted molar refractivity (Wildman–Crippen MR) is 40.2 cm³/mol. The van der Waals surface area contributed by atoms with Gasteiger partial charge in [0.15, 0.2) is 0 Å². The first kappa shape index (κ1) is 6.42. The Bertz CT molecular complexity index is 123. The van der Waals surface area contributed by atoms with Crippen LogP contribution in [-0.4, -0.2) is 14.5 Å². The van der Waals surface area contributed by atoms with Gasteiger partial charge >= 0.3 is 0 Å². The summed E-state index contributed by atoms with van der Waals surface area (Å²) >= 11 is 6.64. The third kappa shape index (κ3) is 1.17. The molecule has 46 valence electrons. The van der Waals surface area contributed by atoms with Crippen LogP contribution in [-0.2, 0) is 0 Å². The lowest BCUT2D eigenvalue weighted by Gasteiger charge is -2.08. The van der Waals surface area contributed by atoms with E-state index in [1.165, 1.54) is 5.70 Å². The van der Waals surface area contributed by atoms with E-state index < -0.39 is 0 Å². The first-order valence-electron chi connectivity index (χ1n) is 2.24. The summed E-state index contributed by atoms with van der Waals surface area (Å²) in [5.41, 5.74) is 1.21. The highest BCUT2D eigenvalue weighted by Gasteiger charge is 2.11. The standard InChI is InChI=1S/C4H6Br2N2/c1-4-2-7(5)3-8(4)6/h2H,3H2,1H3. The molecule has 0 spiro atoms. The summed E-state index contributed by atoms with van der Waals surface area (Å²) in [7, 11) is 0. The summed E-state index contributed by atoms with van der Waals surface area (Å²) in [5.74, 6) is 0. The van der Waals surface area contributed by atoms with Crippen molar-refractivity contribution in [1.82, 2.24) is 7.85 Å². The molecule has 4 heteroatoms. The molecule has 0 unspecified atom stereocenters. The fourth-order valence-electron chi connectivity index (χ4n) is 0.536. The number of hydrogen-bond donors (Lipinski definition) is 0. The Hall–Kier alpha value is 0.300. The van der Waals surface area contributed by atoms with E-state index in [0.717, 1.165) is 6.67 Å². The Morgan fingerprint density at radius 2 is 2.25 bits per heavy atom. The first-order valence-corrected chi connectivity index (χ1v) is 3.66. The van der Waals surface area contributed by atoms with Crippen LogP contribution in [0.15, 0.2) is 11.9 Å².